The molecule has 0 saturated carbocycles. The predicted octanol–water partition coefficient (Wildman–Crippen LogP) is 6.87. The molecule has 0 unspecified atom stereocenters. The molecule has 1 saturated heterocycles. The van der Waals surface area contributed by atoms with Crippen molar-refractivity contribution < 1.29 is 14.7 Å². The maximum Gasteiger partial charge on any atom is 0.410 e. The molecule has 0 bridgehead atoms. The number of anilines is 2. The van der Waals surface area contributed by atoms with E-state index in [9.17, 15) is 9.59 Å². The van der Waals surface area contributed by atoms with Crippen molar-refractivity contribution in [2.75, 3.05) is 30.3 Å². The molecule has 4 aromatic rings. The SMILES string of the molecule is O=C(O)Nc1ccc(-c2cccc(C(=O)Nc3nc(CCCCCCN4CCCCC4)cn3-c3ccccc3)c2)cn1. The van der Waals surface area contributed by atoms with Gasteiger partial charge in [0, 0.05) is 29.2 Å². The predicted molar refractivity (Wildman–Crippen MR) is 165 cm³/mol. The number of hydrogen-bond acceptors (Lipinski definition) is 5. The summed E-state index contributed by atoms with van der Waals surface area (Å²) in [5, 5.41) is 14.1. The minimum Gasteiger partial charge on any atom is -0.465 e. The summed E-state index contributed by atoms with van der Waals surface area (Å²) in [6.45, 7) is 3.72. The van der Waals surface area contributed by atoms with Crippen molar-refractivity contribution in [3.8, 4) is 16.8 Å². The molecular weight excluding hydrogens is 528 g/mol. The minimum atomic E-state index is -1.17. The summed E-state index contributed by atoms with van der Waals surface area (Å²) in [5.74, 6) is 0.463. The van der Waals surface area contributed by atoms with E-state index in [1.54, 1.807) is 30.5 Å². The van der Waals surface area contributed by atoms with Crippen molar-refractivity contribution >= 4 is 23.8 Å². The molecular formula is C33H38N6O3. The number of pyridine rings is 1. The van der Waals surface area contributed by atoms with Gasteiger partial charge in [0.2, 0.25) is 5.95 Å². The number of nitrogens with zero attached hydrogens (tertiary/aromatic N) is 4. The van der Waals surface area contributed by atoms with Crippen LogP contribution in [0.25, 0.3) is 16.8 Å². The standard InChI is InChI=1S/C33H38N6O3/c40-31(26-13-11-12-25(22-26)27-17-18-30(34-23-27)36-33(41)42)37-32-35-28(24-39(32)29-15-6-3-7-16-29)14-5-1-2-8-19-38-20-9-4-10-21-38/h3,6-7,11-13,15-18,22-24H,1-2,4-5,8-10,14,19-21H2,(H,34,36)(H,41,42)(H,35,37,40). The largest absolute Gasteiger partial charge is 0.465 e. The van der Waals surface area contributed by atoms with E-state index in [1.165, 1.54) is 58.2 Å². The van der Waals surface area contributed by atoms with Crippen LogP contribution >= 0.6 is 0 Å². The fourth-order valence-electron chi connectivity index (χ4n) is 5.36. The first kappa shape index (κ1) is 29.0. The van der Waals surface area contributed by atoms with Crippen LogP contribution in [0.4, 0.5) is 16.6 Å². The Morgan fingerprint density at radius 3 is 2.40 bits per heavy atom. The van der Waals surface area contributed by atoms with Gasteiger partial charge in [-0.1, -0.05) is 49.6 Å². The van der Waals surface area contributed by atoms with Crippen molar-refractivity contribution in [1.29, 1.82) is 0 Å². The van der Waals surface area contributed by atoms with E-state index in [0.717, 1.165) is 35.3 Å². The summed E-state index contributed by atoms with van der Waals surface area (Å²) < 4.78 is 1.94. The third-order valence-corrected chi connectivity index (χ3v) is 7.58. The molecule has 2 amide bonds. The summed E-state index contributed by atoms with van der Waals surface area (Å²) in [7, 11) is 0. The highest BCUT2D eigenvalue weighted by Crippen LogP contribution is 2.23. The lowest BCUT2D eigenvalue weighted by Crippen LogP contribution is -2.30. The Bertz CT molecular complexity index is 1460. The second-order valence-corrected chi connectivity index (χ2v) is 10.7. The molecule has 3 N–H and O–H groups in total. The van der Waals surface area contributed by atoms with Crippen LogP contribution < -0.4 is 10.6 Å². The Morgan fingerprint density at radius 2 is 1.64 bits per heavy atom. The topological polar surface area (TPSA) is 112 Å². The van der Waals surface area contributed by atoms with Gasteiger partial charge in [-0.05, 0) is 93.7 Å². The lowest BCUT2D eigenvalue weighted by atomic mass is 10.0. The second kappa shape index (κ2) is 14.4. The highest BCUT2D eigenvalue weighted by atomic mass is 16.4. The second-order valence-electron chi connectivity index (χ2n) is 10.7. The van der Waals surface area contributed by atoms with Gasteiger partial charge in [-0.2, -0.15) is 0 Å². The van der Waals surface area contributed by atoms with E-state index in [-0.39, 0.29) is 11.7 Å². The van der Waals surface area contributed by atoms with E-state index in [1.807, 2.05) is 53.2 Å². The third-order valence-electron chi connectivity index (χ3n) is 7.58. The normalized spacial score (nSPS) is 13.5. The van der Waals surface area contributed by atoms with Gasteiger partial charge in [0.25, 0.3) is 5.91 Å². The monoisotopic (exact) mass is 566 g/mol. The molecule has 1 aliphatic rings. The van der Waals surface area contributed by atoms with E-state index in [4.69, 9.17) is 10.1 Å². The average Bonchev–Trinajstić information content (AvgIpc) is 3.42. The van der Waals surface area contributed by atoms with E-state index < -0.39 is 6.09 Å². The zero-order chi connectivity index (χ0) is 29.1. The molecule has 1 aliphatic heterocycles. The number of aromatic nitrogens is 3. The van der Waals surface area contributed by atoms with Gasteiger partial charge in [0.05, 0.1) is 5.69 Å². The maximum atomic E-state index is 13.4. The first-order valence-electron chi connectivity index (χ1n) is 14.8. The number of para-hydroxylation sites is 1. The van der Waals surface area contributed by atoms with Crippen LogP contribution in [-0.2, 0) is 6.42 Å². The van der Waals surface area contributed by atoms with E-state index in [2.05, 4.69) is 20.5 Å². The third kappa shape index (κ3) is 8.04. The average molecular weight is 567 g/mol. The van der Waals surface area contributed by atoms with E-state index >= 15 is 0 Å². The van der Waals surface area contributed by atoms with Crippen molar-refractivity contribution in [3.63, 3.8) is 0 Å². The number of carboxylic acid groups (broad SMARTS) is 1. The first-order valence-corrected chi connectivity index (χ1v) is 14.8. The smallest absolute Gasteiger partial charge is 0.410 e. The summed E-state index contributed by atoms with van der Waals surface area (Å²) >= 11 is 0. The number of rotatable bonds is 12. The molecule has 0 spiro atoms. The Kier molecular flexibility index (Phi) is 9.95. The number of carbonyl (C=O) groups excluding carboxylic acids is 1. The number of piperidine rings is 1. The van der Waals surface area contributed by atoms with Gasteiger partial charge in [-0.25, -0.2) is 14.8 Å². The number of unbranched alkanes of at least 4 members (excludes halogenated alkanes) is 3. The Morgan fingerprint density at radius 1 is 0.833 bits per heavy atom. The number of aryl methyl sites for hydroxylation is 1. The number of nitrogens with one attached hydrogen (secondary N) is 2. The zero-order valence-corrected chi connectivity index (χ0v) is 23.8. The maximum absolute atomic E-state index is 13.4. The van der Waals surface area contributed by atoms with Gasteiger partial charge in [-0.15, -0.1) is 0 Å². The Labute approximate surface area is 246 Å². The van der Waals surface area contributed by atoms with Crippen LogP contribution in [0.5, 0.6) is 0 Å². The number of hydrogen-bond donors (Lipinski definition) is 3. The lowest BCUT2D eigenvalue weighted by molar-refractivity contribution is 0.102. The first-order chi connectivity index (χ1) is 20.5. The van der Waals surface area contributed by atoms with Gasteiger partial charge < -0.3 is 10.0 Å². The number of imidazole rings is 1. The Hall–Kier alpha value is -4.50. The van der Waals surface area contributed by atoms with Gasteiger partial charge >= 0.3 is 6.09 Å². The molecule has 2 aromatic carbocycles. The van der Waals surface area contributed by atoms with Crippen molar-refractivity contribution in [2.45, 2.75) is 51.4 Å². The lowest BCUT2D eigenvalue weighted by Gasteiger charge is -2.26. The molecule has 5 rings (SSSR count). The molecule has 1 fully saturated rings. The van der Waals surface area contributed by atoms with Crippen LogP contribution in [0.3, 0.4) is 0 Å². The molecule has 42 heavy (non-hydrogen) atoms. The molecule has 0 atom stereocenters. The molecule has 9 nitrogen and oxygen atoms in total. The molecule has 0 radical (unpaired) electrons. The zero-order valence-electron chi connectivity index (χ0n) is 23.8. The minimum absolute atomic E-state index is 0.237. The summed E-state index contributed by atoms with van der Waals surface area (Å²) in [6.07, 6.45) is 12.1. The van der Waals surface area contributed by atoms with Crippen LogP contribution in [0, 0.1) is 0 Å². The van der Waals surface area contributed by atoms with Gasteiger partial charge in [0.1, 0.15) is 5.82 Å². The quantitative estimate of drug-likeness (QED) is 0.161. The van der Waals surface area contributed by atoms with Crippen LogP contribution in [0.1, 0.15) is 61.0 Å². The van der Waals surface area contributed by atoms with Crippen LogP contribution in [-0.4, -0.2) is 56.2 Å². The summed E-state index contributed by atoms with van der Waals surface area (Å²) in [4.78, 5) is 35.8. The highest BCUT2D eigenvalue weighted by molar-refractivity contribution is 6.04. The molecule has 0 aliphatic carbocycles. The number of amides is 2. The number of carbonyl (C=O) groups is 2. The van der Waals surface area contributed by atoms with Crippen LogP contribution in [0.15, 0.2) is 79.1 Å². The van der Waals surface area contributed by atoms with Gasteiger partial charge in [-0.3, -0.25) is 20.0 Å². The molecule has 9 heteroatoms. The highest BCUT2D eigenvalue weighted by Gasteiger charge is 2.15. The molecule has 218 valence electrons. The number of likely N-dealkylation sites (tertiary alicyclic amines) is 1. The van der Waals surface area contributed by atoms with Crippen molar-refractivity contribution in [1.82, 2.24) is 19.4 Å². The van der Waals surface area contributed by atoms with Crippen molar-refractivity contribution in [3.05, 3.63) is 90.4 Å². The summed E-state index contributed by atoms with van der Waals surface area (Å²) in [5.41, 5.74) is 3.94. The Balaban J connectivity index is 1.23. The molecule has 3 heterocycles. The van der Waals surface area contributed by atoms with Crippen molar-refractivity contribution in [2.24, 2.45) is 0 Å². The fraction of sp³-hybridized carbons (Fsp3) is 0.333. The van der Waals surface area contributed by atoms with E-state index in [0.29, 0.717) is 11.5 Å². The summed E-state index contributed by atoms with van der Waals surface area (Å²) in [6, 6.07) is 20.5. The van der Waals surface area contributed by atoms with Crippen LogP contribution in [0.2, 0.25) is 0 Å². The van der Waals surface area contributed by atoms with Gasteiger partial charge in [0.15, 0.2) is 0 Å². The molecule has 2 aromatic heterocycles. The fourth-order valence-corrected chi connectivity index (χ4v) is 5.36. The number of benzene rings is 2.